The Morgan fingerprint density at radius 2 is 1.71 bits per heavy atom. The first-order valence-electron chi connectivity index (χ1n) is 8.62. The van der Waals surface area contributed by atoms with E-state index in [9.17, 15) is 9.59 Å². The van der Waals surface area contributed by atoms with Crippen molar-refractivity contribution < 1.29 is 9.53 Å². The number of nitrogens with zero attached hydrogens (tertiary/aromatic N) is 3. The van der Waals surface area contributed by atoms with Crippen LogP contribution in [0.3, 0.4) is 0 Å². The maximum absolute atomic E-state index is 12.6. The number of hydrogen-bond donors (Lipinski definition) is 0. The topological polar surface area (TPSA) is 56.5 Å². The van der Waals surface area contributed by atoms with E-state index in [1.54, 1.807) is 9.13 Å². The summed E-state index contributed by atoms with van der Waals surface area (Å²) in [4.78, 5) is 27.0. The number of aryl methyl sites for hydroxylation is 2. The lowest BCUT2D eigenvalue weighted by atomic mass is 10.2. The molecule has 1 fully saturated rings. The second kappa shape index (κ2) is 6.81. The molecule has 3 rings (SSSR count). The monoisotopic (exact) mass is 331 g/mol. The predicted molar refractivity (Wildman–Crippen MR) is 93.1 cm³/mol. The molecule has 1 saturated heterocycles. The van der Waals surface area contributed by atoms with Crippen molar-refractivity contribution in [3.63, 3.8) is 0 Å². The first-order chi connectivity index (χ1) is 11.5. The van der Waals surface area contributed by atoms with E-state index < -0.39 is 0 Å². The number of amides is 1. The Morgan fingerprint density at radius 1 is 1.12 bits per heavy atom. The largest absolute Gasteiger partial charge is 0.372 e. The molecule has 130 valence electrons. The molecular weight excluding hydrogens is 306 g/mol. The minimum absolute atomic E-state index is 0.0461. The minimum Gasteiger partial charge on any atom is -0.372 e. The van der Waals surface area contributed by atoms with Crippen molar-refractivity contribution in [2.24, 2.45) is 0 Å². The fraction of sp³-hybridized carbons (Fsp3) is 0.556. The number of para-hydroxylation sites is 2. The Hall–Kier alpha value is -2.08. The zero-order chi connectivity index (χ0) is 17.3. The quantitative estimate of drug-likeness (QED) is 0.859. The molecule has 2 atom stereocenters. The van der Waals surface area contributed by atoms with E-state index in [0.717, 1.165) is 11.0 Å². The molecule has 6 heteroatoms. The van der Waals surface area contributed by atoms with Crippen molar-refractivity contribution in [3.8, 4) is 0 Å². The molecule has 1 aromatic heterocycles. The van der Waals surface area contributed by atoms with Gasteiger partial charge in [0.1, 0.15) is 0 Å². The lowest BCUT2D eigenvalue weighted by molar-refractivity contribution is -0.143. The number of rotatable bonds is 4. The molecule has 1 aliphatic heterocycles. The Balaban J connectivity index is 1.77. The van der Waals surface area contributed by atoms with Crippen molar-refractivity contribution in [1.29, 1.82) is 0 Å². The van der Waals surface area contributed by atoms with E-state index >= 15 is 0 Å². The van der Waals surface area contributed by atoms with Gasteiger partial charge in [-0.2, -0.15) is 0 Å². The fourth-order valence-corrected chi connectivity index (χ4v) is 3.54. The van der Waals surface area contributed by atoms with Crippen LogP contribution >= 0.6 is 0 Å². The number of carbonyl (C=O) groups is 1. The van der Waals surface area contributed by atoms with E-state index in [-0.39, 0.29) is 23.8 Å². The average Bonchev–Trinajstić information content (AvgIpc) is 2.82. The fourth-order valence-electron chi connectivity index (χ4n) is 3.54. The summed E-state index contributed by atoms with van der Waals surface area (Å²) in [5.74, 6) is 0.0808. The smallest absolute Gasteiger partial charge is 0.329 e. The summed E-state index contributed by atoms with van der Waals surface area (Å²) in [6, 6.07) is 7.74. The minimum atomic E-state index is -0.0461. The summed E-state index contributed by atoms with van der Waals surface area (Å²) in [6.45, 7) is 8.19. The summed E-state index contributed by atoms with van der Waals surface area (Å²) in [5, 5.41) is 0. The van der Waals surface area contributed by atoms with Crippen LogP contribution in [0.15, 0.2) is 29.1 Å². The molecule has 1 amide bonds. The molecule has 6 nitrogen and oxygen atoms in total. The molecule has 24 heavy (non-hydrogen) atoms. The van der Waals surface area contributed by atoms with E-state index in [4.69, 9.17) is 4.74 Å². The second-order valence-corrected chi connectivity index (χ2v) is 6.47. The van der Waals surface area contributed by atoms with Crippen LogP contribution in [0.5, 0.6) is 0 Å². The third-order valence-electron chi connectivity index (χ3n) is 4.56. The van der Waals surface area contributed by atoms with Crippen molar-refractivity contribution >= 4 is 16.9 Å². The molecule has 0 radical (unpaired) electrons. The number of aromatic nitrogens is 2. The van der Waals surface area contributed by atoms with Gasteiger partial charge in [0.2, 0.25) is 5.91 Å². The number of hydrogen-bond acceptors (Lipinski definition) is 3. The van der Waals surface area contributed by atoms with Crippen LogP contribution in [0.25, 0.3) is 11.0 Å². The van der Waals surface area contributed by atoms with Gasteiger partial charge >= 0.3 is 5.69 Å². The zero-order valence-electron chi connectivity index (χ0n) is 14.6. The number of imidazole rings is 1. The Morgan fingerprint density at radius 3 is 2.29 bits per heavy atom. The van der Waals surface area contributed by atoms with Gasteiger partial charge in [0.15, 0.2) is 0 Å². The maximum atomic E-state index is 12.6. The van der Waals surface area contributed by atoms with Crippen molar-refractivity contribution in [2.45, 2.75) is 52.5 Å². The molecule has 0 bridgehead atoms. The number of ether oxygens (including phenoxy) is 1. The average molecular weight is 331 g/mol. The molecule has 0 spiro atoms. The Kier molecular flexibility index (Phi) is 4.76. The SMILES string of the molecule is CCn1c(=O)n(CCC(=O)N2C[C@H](C)O[C@@H](C)C2)c2ccccc21. The Labute approximate surface area is 141 Å². The number of morpholine rings is 1. The molecule has 2 aromatic rings. The molecule has 0 saturated carbocycles. The summed E-state index contributed by atoms with van der Waals surface area (Å²) < 4.78 is 9.13. The van der Waals surface area contributed by atoms with Crippen LogP contribution in [0.4, 0.5) is 0 Å². The van der Waals surface area contributed by atoms with E-state index in [1.165, 1.54) is 0 Å². The number of fused-ring (bicyclic) bond motifs is 1. The van der Waals surface area contributed by atoms with Crippen molar-refractivity contribution in [2.75, 3.05) is 13.1 Å². The van der Waals surface area contributed by atoms with Gasteiger partial charge in [0.05, 0.1) is 23.2 Å². The van der Waals surface area contributed by atoms with Gasteiger partial charge in [0, 0.05) is 32.6 Å². The maximum Gasteiger partial charge on any atom is 0.329 e. The molecular formula is C18H25N3O3. The van der Waals surface area contributed by atoms with Crippen molar-refractivity contribution in [1.82, 2.24) is 14.0 Å². The van der Waals surface area contributed by atoms with Gasteiger partial charge in [0.25, 0.3) is 0 Å². The van der Waals surface area contributed by atoms with Gasteiger partial charge in [-0.3, -0.25) is 13.9 Å². The molecule has 0 unspecified atom stereocenters. The van der Waals surface area contributed by atoms with Gasteiger partial charge < -0.3 is 9.64 Å². The van der Waals surface area contributed by atoms with Crippen molar-refractivity contribution in [3.05, 3.63) is 34.7 Å². The summed E-state index contributed by atoms with van der Waals surface area (Å²) in [7, 11) is 0. The van der Waals surface area contributed by atoms with E-state index in [2.05, 4.69) is 0 Å². The highest BCUT2D eigenvalue weighted by Gasteiger charge is 2.25. The van der Waals surface area contributed by atoms with Crippen LogP contribution in [-0.4, -0.2) is 45.2 Å². The first-order valence-corrected chi connectivity index (χ1v) is 8.62. The van der Waals surface area contributed by atoms with Gasteiger partial charge in [-0.05, 0) is 32.9 Å². The lowest BCUT2D eigenvalue weighted by Crippen LogP contribution is -2.48. The number of benzene rings is 1. The number of carbonyl (C=O) groups excluding carboxylic acids is 1. The summed E-state index contributed by atoms with van der Waals surface area (Å²) in [5.41, 5.74) is 1.77. The van der Waals surface area contributed by atoms with Crippen LogP contribution in [-0.2, 0) is 22.6 Å². The lowest BCUT2D eigenvalue weighted by Gasteiger charge is -2.35. The molecule has 0 N–H and O–H groups in total. The van der Waals surface area contributed by atoms with E-state index in [1.807, 2.05) is 49.9 Å². The van der Waals surface area contributed by atoms with Crippen LogP contribution in [0.1, 0.15) is 27.2 Å². The van der Waals surface area contributed by atoms with Crippen LogP contribution in [0.2, 0.25) is 0 Å². The Bertz CT molecular complexity index is 782. The standard InChI is InChI=1S/C18H25N3O3/c1-4-20-15-7-5-6-8-16(15)21(18(20)23)10-9-17(22)19-11-13(2)24-14(3)12-19/h5-8,13-14H,4,9-12H2,1-3H3/t13-,14-/m0/s1. The van der Waals surface area contributed by atoms with Gasteiger partial charge in [-0.1, -0.05) is 12.1 Å². The third-order valence-corrected chi connectivity index (χ3v) is 4.56. The second-order valence-electron chi connectivity index (χ2n) is 6.47. The highest BCUT2D eigenvalue weighted by Crippen LogP contribution is 2.15. The molecule has 1 aliphatic rings. The highest BCUT2D eigenvalue weighted by atomic mass is 16.5. The van der Waals surface area contributed by atoms with Crippen LogP contribution in [0, 0.1) is 0 Å². The van der Waals surface area contributed by atoms with Gasteiger partial charge in [-0.15, -0.1) is 0 Å². The first kappa shape index (κ1) is 16.8. The predicted octanol–water partition coefficient (Wildman–Crippen LogP) is 1.85. The molecule has 2 heterocycles. The van der Waals surface area contributed by atoms with Crippen LogP contribution < -0.4 is 5.69 Å². The highest BCUT2D eigenvalue weighted by molar-refractivity contribution is 5.78. The molecule has 0 aliphatic carbocycles. The zero-order valence-corrected chi connectivity index (χ0v) is 14.6. The van der Waals surface area contributed by atoms with Gasteiger partial charge in [-0.25, -0.2) is 4.79 Å². The summed E-state index contributed by atoms with van der Waals surface area (Å²) >= 11 is 0. The summed E-state index contributed by atoms with van der Waals surface area (Å²) in [6.07, 6.45) is 0.446. The normalized spacial score (nSPS) is 21.4. The van der Waals surface area contributed by atoms with E-state index in [0.29, 0.717) is 32.6 Å². The molecule has 1 aromatic carbocycles. The third kappa shape index (κ3) is 3.11.